The zero-order valence-electron chi connectivity index (χ0n) is 8.07. The molecule has 14 heavy (non-hydrogen) atoms. The van der Waals surface area contributed by atoms with Crippen LogP contribution in [0.4, 0.5) is 0 Å². The highest BCUT2D eigenvalue weighted by Gasteiger charge is 2.13. The summed E-state index contributed by atoms with van der Waals surface area (Å²) >= 11 is 1.90. The van der Waals surface area contributed by atoms with Gasteiger partial charge in [-0.25, -0.2) is 0 Å². The predicted octanol–water partition coefficient (Wildman–Crippen LogP) is 2.24. The molecule has 0 amide bonds. The first kappa shape index (κ1) is 9.87. The first-order valence-electron chi connectivity index (χ1n) is 5.01. The fourth-order valence-corrected chi connectivity index (χ4v) is 2.80. The lowest BCUT2D eigenvalue weighted by Gasteiger charge is -2.22. The lowest BCUT2D eigenvalue weighted by atomic mass is 10.2. The van der Waals surface area contributed by atoms with Crippen molar-refractivity contribution in [2.24, 2.45) is 0 Å². The van der Waals surface area contributed by atoms with Crippen molar-refractivity contribution in [3.8, 4) is 5.75 Å². The number of thioether (sulfide) groups is 1. The minimum atomic E-state index is 0.344. The van der Waals surface area contributed by atoms with Crippen LogP contribution in [-0.4, -0.2) is 23.4 Å². The number of phenolic OH excluding ortho intramolecular Hbond substituents is 1. The summed E-state index contributed by atoms with van der Waals surface area (Å²) < 4.78 is 0. The van der Waals surface area contributed by atoms with Crippen LogP contribution in [0.2, 0.25) is 0 Å². The Balaban J connectivity index is 1.92. The van der Waals surface area contributed by atoms with Crippen LogP contribution < -0.4 is 5.32 Å². The number of piperidine rings is 1. The molecule has 0 bridgehead atoms. The summed E-state index contributed by atoms with van der Waals surface area (Å²) in [6.45, 7) is 2.26. The summed E-state index contributed by atoms with van der Waals surface area (Å²) in [5.41, 5.74) is 0. The van der Waals surface area contributed by atoms with E-state index in [1.54, 1.807) is 12.1 Å². The van der Waals surface area contributed by atoms with Gasteiger partial charge in [0.25, 0.3) is 0 Å². The first-order valence-corrected chi connectivity index (χ1v) is 5.89. The van der Waals surface area contributed by atoms with Crippen LogP contribution in [0.25, 0.3) is 0 Å². The van der Waals surface area contributed by atoms with E-state index in [0.29, 0.717) is 11.0 Å². The van der Waals surface area contributed by atoms with Gasteiger partial charge in [-0.1, -0.05) is 0 Å². The maximum Gasteiger partial charge on any atom is 0.115 e. The molecule has 1 aromatic carbocycles. The highest BCUT2D eigenvalue weighted by atomic mass is 32.2. The Morgan fingerprint density at radius 3 is 2.71 bits per heavy atom. The Bertz CT molecular complexity index is 280. The number of rotatable bonds is 2. The first-order chi connectivity index (χ1) is 6.84. The van der Waals surface area contributed by atoms with Crippen LogP contribution in [0.15, 0.2) is 29.2 Å². The second-order valence-electron chi connectivity index (χ2n) is 3.58. The molecule has 1 unspecified atom stereocenters. The van der Waals surface area contributed by atoms with E-state index in [9.17, 15) is 0 Å². The van der Waals surface area contributed by atoms with Crippen molar-refractivity contribution in [1.29, 1.82) is 0 Å². The SMILES string of the molecule is Oc1ccc(SC2CCCNC2)cc1. The quantitative estimate of drug-likeness (QED) is 0.783. The Labute approximate surface area is 88.7 Å². The van der Waals surface area contributed by atoms with Gasteiger partial charge < -0.3 is 10.4 Å². The summed E-state index contributed by atoms with van der Waals surface area (Å²) in [4.78, 5) is 1.25. The molecule has 1 heterocycles. The van der Waals surface area contributed by atoms with Gasteiger partial charge in [0.1, 0.15) is 5.75 Å². The molecule has 2 N–H and O–H groups in total. The molecule has 1 fully saturated rings. The fourth-order valence-electron chi connectivity index (χ4n) is 1.64. The summed E-state index contributed by atoms with van der Waals surface area (Å²) in [6, 6.07) is 7.46. The predicted molar refractivity (Wildman–Crippen MR) is 59.9 cm³/mol. The van der Waals surface area contributed by atoms with Crippen molar-refractivity contribution in [2.45, 2.75) is 23.0 Å². The van der Waals surface area contributed by atoms with Crippen LogP contribution in [0.3, 0.4) is 0 Å². The van der Waals surface area contributed by atoms with Gasteiger partial charge in [-0.15, -0.1) is 11.8 Å². The van der Waals surface area contributed by atoms with E-state index < -0.39 is 0 Å². The van der Waals surface area contributed by atoms with E-state index in [-0.39, 0.29) is 0 Å². The van der Waals surface area contributed by atoms with Gasteiger partial charge in [0.15, 0.2) is 0 Å². The summed E-state index contributed by atoms with van der Waals surface area (Å²) in [7, 11) is 0. The molecule has 1 aliphatic heterocycles. The number of aromatic hydroxyl groups is 1. The Morgan fingerprint density at radius 1 is 1.29 bits per heavy atom. The highest BCUT2D eigenvalue weighted by molar-refractivity contribution is 8.00. The van der Waals surface area contributed by atoms with Gasteiger partial charge in [-0.05, 0) is 43.7 Å². The number of benzene rings is 1. The van der Waals surface area contributed by atoms with Crippen molar-refractivity contribution in [1.82, 2.24) is 5.32 Å². The van der Waals surface area contributed by atoms with Gasteiger partial charge in [0.2, 0.25) is 0 Å². The zero-order valence-corrected chi connectivity index (χ0v) is 8.89. The van der Waals surface area contributed by atoms with E-state index in [2.05, 4.69) is 5.32 Å². The molecule has 0 spiro atoms. The second-order valence-corrected chi connectivity index (χ2v) is 4.95. The molecule has 0 aliphatic carbocycles. The van der Waals surface area contributed by atoms with Gasteiger partial charge in [0.05, 0.1) is 0 Å². The number of hydrogen-bond donors (Lipinski definition) is 2. The van der Waals surface area contributed by atoms with Crippen molar-refractivity contribution in [3.05, 3.63) is 24.3 Å². The molecule has 0 aromatic heterocycles. The van der Waals surface area contributed by atoms with E-state index in [0.717, 1.165) is 13.1 Å². The minimum Gasteiger partial charge on any atom is -0.508 e. The standard InChI is InChI=1S/C11H15NOS/c13-9-3-5-10(6-4-9)14-11-2-1-7-12-8-11/h3-6,11-13H,1-2,7-8H2. The Kier molecular flexibility index (Phi) is 3.32. The van der Waals surface area contributed by atoms with Crippen LogP contribution in [0.1, 0.15) is 12.8 Å². The van der Waals surface area contributed by atoms with Crippen molar-refractivity contribution >= 4 is 11.8 Å². The molecule has 1 atom stereocenters. The molecular formula is C11H15NOS. The van der Waals surface area contributed by atoms with Crippen LogP contribution in [0, 0.1) is 0 Å². The summed E-state index contributed by atoms with van der Waals surface area (Å²) in [6.07, 6.45) is 2.56. The van der Waals surface area contributed by atoms with Gasteiger partial charge in [-0.3, -0.25) is 0 Å². The van der Waals surface area contributed by atoms with E-state index in [1.165, 1.54) is 17.7 Å². The smallest absolute Gasteiger partial charge is 0.115 e. The third-order valence-corrected chi connectivity index (χ3v) is 3.67. The molecule has 3 heteroatoms. The number of hydrogen-bond acceptors (Lipinski definition) is 3. The lowest BCUT2D eigenvalue weighted by Crippen LogP contribution is -2.31. The maximum absolute atomic E-state index is 9.14. The van der Waals surface area contributed by atoms with Crippen LogP contribution in [-0.2, 0) is 0 Å². The average molecular weight is 209 g/mol. The molecule has 1 aliphatic rings. The van der Waals surface area contributed by atoms with Gasteiger partial charge in [0, 0.05) is 16.7 Å². The number of nitrogens with one attached hydrogen (secondary N) is 1. The normalized spacial score (nSPS) is 22.1. The number of phenols is 1. The third-order valence-electron chi connectivity index (χ3n) is 2.39. The van der Waals surface area contributed by atoms with E-state index in [4.69, 9.17) is 5.11 Å². The molecular weight excluding hydrogens is 194 g/mol. The summed E-state index contributed by atoms with van der Waals surface area (Å²) in [5, 5.41) is 13.2. The monoisotopic (exact) mass is 209 g/mol. The minimum absolute atomic E-state index is 0.344. The maximum atomic E-state index is 9.14. The third kappa shape index (κ3) is 2.66. The lowest BCUT2D eigenvalue weighted by molar-refractivity contribution is 0.475. The molecule has 76 valence electrons. The Hall–Kier alpha value is -0.670. The molecule has 2 rings (SSSR count). The molecule has 2 nitrogen and oxygen atoms in total. The molecule has 0 radical (unpaired) electrons. The topological polar surface area (TPSA) is 32.3 Å². The fraction of sp³-hybridized carbons (Fsp3) is 0.455. The van der Waals surface area contributed by atoms with Crippen molar-refractivity contribution in [3.63, 3.8) is 0 Å². The zero-order chi connectivity index (χ0) is 9.80. The second kappa shape index (κ2) is 4.71. The largest absolute Gasteiger partial charge is 0.508 e. The van der Waals surface area contributed by atoms with Gasteiger partial charge >= 0.3 is 0 Å². The van der Waals surface area contributed by atoms with Crippen molar-refractivity contribution < 1.29 is 5.11 Å². The molecule has 1 saturated heterocycles. The molecule has 1 aromatic rings. The van der Waals surface area contributed by atoms with Crippen LogP contribution in [0.5, 0.6) is 5.75 Å². The average Bonchev–Trinajstić information content (AvgIpc) is 2.23. The van der Waals surface area contributed by atoms with Crippen molar-refractivity contribution in [2.75, 3.05) is 13.1 Å². The Morgan fingerprint density at radius 2 is 2.07 bits per heavy atom. The van der Waals surface area contributed by atoms with E-state index in [1.807, 2.05) is 23.9 Å². The van der Waals surface area contributed by atoms with Gasteiger partial charge in [-0.2, -0.15) is 0 Å². The van der Waals surface area contributed by atoms with Crippen LogP contribution >= 0.6 is 11.8 Å². The summed E-state index contributed by atoms with van der Waals surface area (Å²) in [5.74, 6) is 0.344. The molecule has 0 saturated carbocycles. The van der Waals surface area contributed by atoms with E-state index >= 15 is 0 Å². The highest BCUT2D eigenvalue weighted by Crippen LogP contribution is 2.28.